The van der Waals surface area contributed by atoms with Crippen LogP contribution in [0.3, 0.4) is 0 Å². The van der Waals surface area contributed by atoms with Gasteiger partial charge in [-0.15, -0.1) is 0 Å². The van der Waals surface area contributed by atoms with E-state index in [-0.39, 0.29) is 5.41 Å². The fourth-order valence-electron chi connectivity index (χ4n) is 4.67. The lowest BCUT2D eigenvalue weighted by Crippen LogP contribution is -2.46. The Hall–Kier alpha value is -2.13. The Morgan fingerprint density at radius 3 is 2.60 bits per heavy atom. The molecular weight excluding hydrogens is 308 g/mol. The molecule has 1 fully saturated rings. The zero-order valence-electron chi connectivity index (χ0n) is 14.5. The molecule has 2 aromatic carbocycles. The van der Waals surface area contributed by atoms with Gasteiger partial charge < -0.3 is 10.1 Å². The molecule has 1 spiro atoms. The van der Waals surface area contributed by atoms with Gasteiger partial charge in [-0.1, -0.05) is 42.5 Å². The maximum atomic E-state index is 5.68. The number of hydrogen-bond donors (Lipinski definition) is 1. The first-order valence-corrected chi connectivity index (χ1v) is 9.43. The number of aliphatic imine (C=N–C) groups is 1. The fourth-order valence-corrected chi connectivity index (χ4v) is 4.67. The minimum absolute atomic E-state index is 0.115. The minimum Gasteiger partial charge on any atom is -0.381 e. The van der Waals surface area contributed by atoms with E-state index in [1.807, 2.05) is 0 Å². The lowest BCUT2D eigenvalue weighted by molar-refractivity contribution is 0.0448. The summed E-state index contributed by atoms with van der Waals surface area (Å²) in [5.74, 6) is 1.19. The molecule has 0 radical (unpaired) electrons. The SMILES string of the molecule is c1ccc2c(c1)CC1(CCOCC1)C(=NC1CCc3ccccc31)N2. The van der Waals surface area contributed by atoms with E-state index in [0.717, 1.165) is 45.3 Å². The topological polar surface area (TPSA) is 33.6 Å². The number of benzene rings is 2. The largest absolute Gasteiger partial charge is 0.381 e. The molecule has 0 aromatic heterocycles. The highest BCUT2D eigenvalue weighted by Crippen LogP contribution is 2.43. The third kappa shape index (κ3) is 2.58. The van der Waals surface area contributed by atoms with Gasteiger partial charge in [-0.25, -0.2) is 0 Å². The van der Waals surface area contributed by atoms with Crippen molar-refractivity contribution in [2.75, 3.05) is 18.5 Å². The number of nitrogens with zero attached hydrogens (tertiary/aromatic N) is 1. The van der Waals surface area contributed by atoms with E-state index in [1.165, 1.54) is 28.2 Å². The molecule has 3 nitrogen and oxygen atoms in total. The lowest BCUT2D eigenvalue weighted by Gasteiger charge is -2.42. The summed E-state index contributed by atoms with van der Waals surface area (Å²) in [6, 6.07) is 17.8. The quantitative estimate of drug-likeness (QED) is 0.832. The molecule has 1 unspecified atom stereocenters. The Morgan fingerprint density at radius 1 is 0.960 bits per heavy atom. The van der Waals surface area contributed by atoms with Gasteiger partial charge in [0.25, 0.3) is 0 Å². The molecule has 2 heterocycles. The van der Waals surface area contributed by atoms with Crippen molar-refractivity contribution in [3.05, 3.63) is 65.2 Å². The molecule has 1 N–H and O–H groups in total. The first-order chi connectivity index (χ1) is 12.3. The van der Waals surface area contributed by atoms with Crippen LogP contribution in [0.1, 0.15) is 42.0 Å². The van der Waals surface area contributed by atoms with Crippen molar-refractivity contribution < 1.29 is 4.74 Å². The molecule has 5 rings (SSSR count). The van der Waals surface area contributed by atoms with Crippen molar-refractivity contribution >= 4 is 11.5 Å². The molecule has 0 bridgehead atoms. The molecule has 3 aliphatic rings. The molecule has 2 aliphatic heterocycles. The van der Waals surface area contributed by atoms with E-state index in [4.69, 9.17) is 9.73 Å². The minimum atomic E-state index is 0.115. The van der Waals surface area contributed by atoms with Crippen LogP contribution in [0.25, 0.3) is 0 Å². The maximum Gasteiger partial charge on any atom is 0.108 e. The van der Waals surface area contributed by atoms with Gasteiger partial charge in [0, 0.05) is 24.3 Å². The normalized spacial score (nSPS) is 25.4. The van der Waals surface area contributed by atoms with Crippen LogP contribution in [0, 0.1) is 5.41 Å². The van der Waals surface area contributed by atoms with Gasteiger partial charge in [0.05, 0.1) is 6.04 Å². The van der Waals surface area contributed by atoms with Crippen LogP contribution in [0.5, 0.6) is 0 Å². The summed E-state index contributed by atoms with van der Waals surface area (Å²) < 4.78 is 5.68. The molecule has 2 aromatic rings. The van der Waals surface area contributed by atoms with Crippen LogP contribution in [0.15, 0.2) is 53.5 Å². The van der Waals surface area contributed by atoms with Crippen molar-refractivity contribution in [2.45, 2.75) is 38.1 Å². The van der Waals surface area contributed by atoms with Gasteiger partial charge in [-0.3, -0.25) is 4.99 Å². The third-order valence-electron chi connectivity index (χ3n) is 6.14. The third-order valence-corrected chi connectivity index (χ3v) is 6.14. The first-order valence-electron chi connectivity index (χ1n) is 9.43. The Balaban J connectivity index is 1.56. The molecular formula is C22H24N2O. The Kier molecular flexibility index (Phi) is 3.63. The molecule has 0 amide bonds. The number of amidine groups is 1. The monoisotopic (exact) mass is 332 g/mol. The standard InChI is InChI=1S/C22H24N2O/c1-3-7-18-16(5-1)9-10-20(18)24-21-22(11-13-25-14-12-22)15-17-6-2-4-8-19(17)23-21/h1-8,20H,9-15H2,(H,23,24). The van der Waals surface area contributed by atoms with Crippen LogP contribution in [0.2, 0.25) is 0 Å². The summed E-state index contributed by atoms with van der Waals surface area (Å²) in [7, 11) is 0. The average Bonchev–Trinajstić information content (AvgIpc) is 3.06. The molecule has 1 saturated heterocycles. The van der Waals surface area contributed by atoms with Crippen LogP contribution < -0.4 is 5.32 Å². The van der Waals surface area contributed by atoms with Crippen molar-refractivity contribution in [2.24, 2.45) is 10.4 Å². The zero-order chi connectivity index (χ0) is 16.7. The lowest BCUT2D eigenvalue weighted by atomic mass is 9.71. The molecule has 0 saturated carbocycles. The number of para-hydroxylation sites is 1. The molecule has 3 heteroatoms. The Labute approximate surface area is 149 Å². The van der Waals surface area contributed by atoms with Gasteiger partial charge in [-0.2, -0.15) is 0 Å². The molecule has 1 atom stereocenters. The smallest absolute Gasteiger partial charge is 0.108 e. The van der Waals surface area contributed by atoms with Crippen molar-refractivity contribution in [3.8, 4) is 0 Å². The number of aryl methyl sites for hydroxylation is 1. The first kappa shape index (κ1) is 15.2. The van der Waals surface area contributed by atoms with Crippen LogP contribution in [-0.4, -0.2) is 19.0 Å². The number of fused-ring (bicyclic) bond motifs is 2. The zero-order valence-corrected chi connectivity index (χ0v) is 14.5. The summed E-state index contributed by atoms with van der Waals surface area (Å²) in [5.41, 5.74) is 5.64. The summed E-state index contributed by atoms with van der Waals surface area (Å²) >= 11 is 0. The van der Waals surface area contributed by atoms with Gasteiger partial charge in [0.2, 0.25) is 0 Å². The van der Waals surface area contributed by atoms with E-state index in [9.17, 15) is 0 Å². The maximum absolute atomic E-state index is 5.68. The van der Waals surface area contributed by atoms with Crippen LogP contribution in [0.4, 0.5) is 5.69 Å². The molecule has 25 heavy (non-hydrogen) atoms. The van der Waals surface area contributed by atoms with E-state index >= 15 is 0 Å². The average molecular weight is 332 g/mol. The molecule has 128 valence electrons. The second-order valence-corrected chi connectivity index (χ2v) is 7.58. The van der Waals surface area contributed by atoms with E-state index in [1.54, 1.807) is 0 Å². The van der Waals surface area contributed by atoms with Gasteiger partial charge in [-0.05, 0) is 54.9 Å². The van der Waals surface area contributed by atoms with E-state index in [0.29, 0.717) is 6.04 Å². The van der Waals surface area contributed by atoms with Crippen molar-refractivity contribution in [1.29, 1.82) is 0 Å². The van der Waals surface area contributed by atoms with Gasteiger partial charge in [0.1, 0.15) is 5.84 Å². The van der Waals surface area contributed by atoms with E-state index in [2.05, 4.69) is 53.8 Å². The summed E-state index contributed by atoms with van der Waals surface area (Å²) in [5, 5.41) is 3.71. The van der Waals surface area contributed by atoms with Crippen molar-refractivity contribution in [3.63, 3.8) is 0 Å². The highest BCUT2D eigenvalue weighted by molar-refractivity contribution is 6.02. The summed E-state index contributed by atoms with van der Waals surface area (Å²) in [4.78, 5) is 5.30. The van der Waals surface area contributed by atoms with Crippen LogP contribution in [-0.2, 0) is 17.6 Å². The number of anilines is 1. The van der Waals surface area contributed by atoms with Gasteiger partial charge >= 0.3 is 0 Å². The predicted octanol–water partition coefficient (Wildman–Crippen LogP) is 4.54. The number of hydrogen-bond acceptors (Lipinski definition) is 2. The highest BCUT2D eigenvalue weighted by Gasteiger charge is 2.42. The molecule has 1 aliphatic carbocycles. The summed E-state index contributed by atoms with van der Waals surface area (Å²) in [6.07, 6.45) is 5.46. The fraction of sp³-hybridized carbons (Fsp3) is 0.409. The Bertz CT molecular complexity index is 820. The second-order valence-electron chi connectivity index (χ2n) is 7.58. The summed E-state index contributed by atoms with van der Waals surface area (Å²) in [6.45, 7) is 1.67. The highest BCUT2D eigenvalue weighted by atomic mass is 16.5. The Morgan fingerprint density at radius 2 is 1.72 bits per heavy atom. The van der Waals surface area contributed by atoms with Gasteiger partial charge in [0.15, 0.2) is 0 Å². The second kappa shape index (κ2) is 5.99. The van der Waals surface area contributed by atoms with E-state index < -0.39 is 0 Å². The van der Waals surface area contributed by atoms with Crippen molar-refractivity contribution in [1.82, 2.24) is 0 Å². The van der Waals surface area contributed by atoms with Crippen LogP contribution >= 0.6 is 0 Å². The number of rotatable bonds is 1. The number of nitrogens with one attached hydrogen (secondary N) is 1. The number of ether oxygens (including phenoxy) is 1. The predicted molar refractivity (Wildman–Crippen MR) is 101 cm³/mol.